The molecule has 0 bridgehead atoms. The minimum Gasteiger partial charge on any atom is -0.480 e. The maximum Gasteiger partial charge on any atom is 0.327 e. The molecule has 0 aromatic rings. The molecule has 0 radical (unpaired) electrons. The standard InChI is InChI=1S/C13H21N3O3S/c1-9-16(11(8-20-9)12(17)18)13(19)15-6-4-14(5-7-15)10-2-3-10/h9-11H,2-8H2,1H3,(H,17,18). The fraction of sp³-hybridized carbons (Fsp3) is 0.846. The first-order chi connectivity index (χ1) is 9.58. The lowest BCUT2D eigenvalue weighted by molar-refractivity contribution is -0.141. The quantitative estimate of drug-likeness (QED) is 0.814. The summed E-state index contributed by atoms with van der Waals surface area (Å²) in [5.74, 6) is -0.406. The van der Waals surface area contributed by atoms with Gasteiger partial charge in [0.05, 0.1) is 5.37 Å². The molecule has 0 spiro atoms. The summed E-state index contributed by atoms with van der Waals surface area (Å²) in [5, 5.41) is 9.19. The fourth-order valence-corrected chi connectivity index (χ4v) is 4.17. The van der Waals surface area contributed by atoms with Gasteiger partial charge >= 0.3 is 12.0 Å². The third-order valence-corrected chi connectivity index (χ3v) is 5.59. The number of carboxylic acid groups (broad SMARTS) is 1. The first-order valence-corrected chi connectivity index (χ1v) is 8.28. The summed E-state index contributed by atoms with van der Waals surface area (Å²) >= 11 is 1.54. The Morgan fingerprint density at radius 3 is 2.35 bits per heavy atom. The molecule has 1 saturated carbocycles. The van der Waals surface area contributed by atoms with Gasteiger partial charge in [0.2, 0.25) is 0 Å². The van der Waals surface area contributed by atoms with E-state index in [4.69, 9.17) is 0 Å². The van der Waals surface area contributed by atoms with Crippen molar-refractivity contribution in [2.75, 3.05) is 31.9 Å². The monoisotopic (exact) mass is 299 g/mol. The number of thioether (sulfide) groups is 1. The molecule has 7 heteroatoms. The van der Waals surface area contributed by atoms with Crippen LogP contribution in [0.25, 0.3) is 0 Å². The molecule has 112 valence electrons. The zero-order chi connectivity index (χ0) is 14.3. The van der Waals surface area contributed by atoms with Gasteiger partial charge in [0.15, 0.2) is 0 Å². The van der Waals surface area contributed by atoms with E-state index in [0.29, 0.717) is 5.75 Å². The lowest BCUT2D eigenvalue weighted by Crippen LogP contribution is -2.56. The lowest BCUT2D eigenvalue weighted by Gasteiger charge is -2.38. The van der Waals surface area contributed by atoms with Crippen molar-refractivity contribution in [3.8, 4) is 0 Å². The number of nitrogens with zero attached hydrogens (tertiary/aromatic N) is 3. The fourth-order valence-electron chi connectivity index (χ4n) is 3.00. The Hall–Kier alpha value is -0.950. The molecule has 2 unspecified atom stereocenters. The van der Waals surface area contributed by atoms with Crippen LogP contribution in [0, 0.1) is 0 Å². The highest BCUT2D eigenvalue weighted by atomic mass is 32.2. The Morgan fingerprint density at radius 1 is 1.15 bits per heavy atom. The van der Waals surface area contributed by atoms with Crippen molar-refractivity contribution in [1.82, 2.24) is 14.7 Å². The second kappa shape index (κ2) is 5.44. The number of aliphatic carboxylic acids is 1. The van der Waals surface area contributed by atoms with E-state index in [1.807, 2.05) is 11.8 Å². The minimum atomic E-state index is -0.896. The number of carbonyl (C=O) groups excluding carboxylic acids is 1. The van der Waals surface area contributed by atoms with Gasteiger partial charge in [0.25, 0.3) is 0 Å². The molecule has 0 aromatic carbocycles. The molecule has 2 atom stereocenters. The number of carbonyl (C=O) groups is 2. The molecule has 3 aliphatic rings. The Labute approximate surface area is 123 Å². The Bertz CT molecular complexity index is 408. The Morgan fingerprint density at radius 2 is 1.80 bits per heavy atom. The van der Waals surface area contributed by atoms with Gasteiger partial charge in [-0.1, -0.05) is 0 Å². The molecule has 3 rings (SSSR count). The molecule has 20 heavy (non-hydrogen) atoms. The van der Waals surface area contributed by atoms with Gasteiger partial charge in [-0.3, -0.25) is 9.80 Å². The summed E-state index contributed by atoms with van der Waals surface area (Å²) in [7, 11) is 0. The molecule has 2 heterocycles. The maximum absolute atomic E-state index is 12.6. The third kappa shape index (κ3) is 2.61. The summed E-state index contributed by atoms with van der Waals surface area (Å²) < 4.78 is 0. The number of urea groups is 1. The van der Waals surface area contributed by atoms with Crippen LogP contribution >= 0.6 is 11.8 Å². The number of hydrogen-bond donors (Lipinski definition) is 1. The number of amides is 2. The first kappa shape index (κ1) is 14.0. The average Bonchev–Trinajstić information content (AvgIpc) is 3.21. The molecule has 3 fully saturated rings. The number of carboxylic acids is 1. The van der Waals surface area contributed by atoms with Crippen LogP contribution in [0.4, 0.5) is 4.79 Å². The van der Waals surface area contributed by atoms with Crippen molar-refractivity contribution in [2.24, 2.45) is 0 Å². The smallest absolute Gasteiger partial charge is 0.327 e. The molecule has 1 N–H and O–H groups in total. The summed E-state index contributed by atoms with van der Waals surface area (Å²) in [6.07, 6.45) is 2.57. The van der Waals surface area contributed by atoms with E-state index < -0.39 is 12.0 Å². The van der Waals surface area contributed by atoms with Crippen LogP contribution in [-0.4, -0.2) is 81.2 Å². The first-order valence-electron chi connectivity index (χ1n) is 7.23. The topological polar surface area (TPSA) is 64.1 Å². The van der Waals surface area contributed by atoms with Crippen molar-refractivity contribution < 1.29 is 14.7 Å². The van der Waals surface area contributed by atoms with E-state index in [-0.39, 0.29) is 11.4 Å². The van der Waals surface area contributed by atoms with Crippen LogP contribution in [0.5, 0.6) is 0 Å². The van der Waals surface area contributed by atoms with Crippen LogP contribution in [-0.2, 0) is 4.79 Å². The van der Waals surface area contributed by atoms with Gasteiger partial charge in [-0.05, 0) is 19.8 Å². The van der Waals surface area contributed by atoms with Gasteiger partial charge in [-0.25, -0.2) is 9.59 Å². The Balaban J connectivity index is 1.61. The number of piperazine rings is 1. The zero-order valence-corrected chi connectivity index (χ0v) is 12.5. The largest absolute Gasteiger partial charge is 0.480 e. The van der Waals surface area contributed by atoms with Crippen LogP contribution in [0.2, 0.25) is 0 Å². The summed E-state index contributed by atoms with van der Waals surface area (Å²) in [6, 6.07) is -0.0467. The molecule has 2 amide bonds. The molecular weight excluding hydrogens is 278 g/mol. The molecule has 0 aromatic heterocycles. The van der Waals surface area contributed by atoms with E-state index in [9.17, 15) is 14.7 Å². The van der Waals surface area contributed by atoms with Crippen LogP contribution < -0.4 is 0 Å². The molecule has 6 nitrogen and oxygen atoms in total. The van der Waals surface area contributed by atoms with Crippen LogP contribution in [0.15, 0.2) is 0 Å². The lowest BCUT2D eigenvalue weighted by atomic mass is 10.2. The summed E-state index contributed by atoms with van der Waals surface area (Å²) in [6.45, 7) is 5.18. The van der Waals surface area contributed by atoms with E-state index in [1.165, 1.54) is 24.6 Å². The van der Waals surface area contributed by atoms with Gasteiger partial charge in [-0.15, -0.1) is 11.8 Å². The van der Waals surface area contributed by atoms with E-state index in [0.717, 1.165) is 32.2 Å². The van der Waals surface area contributed by atoms with Crippen LogP contribution in [0.3, 0.4) is 0 Å². The van der Waals surface area contributed by atoms with Gasteiger partial charge < -0.3 is 10.0 Å². The number of rotatable bonds is 2. The van der Waals surface area contributed by atoms with Crippen molar-refractivity contribution >= 4 is 23.8 Å². The molecule has 2 saturated heterocycles. The SMILES string of the molecule is CC1SCC(C(=O)O)N1C(=O)N1CCN(C2CC2)CC1. The summed E-state index contributed by atoms with van der Waals surface area (Å²) in [5.41, 5.74) is 0. The van der Waals surface area contributed by atoms with Crippen molar-refractivity contribution in [3.63, 3.8) is 0 Å². The van der Waals surface area contributed by atoms with Crippen molar-refractivity contribution in [2.45, 2.75) is 37.2 Å². The van der Waals surface area contributed by atoms with Crippen LogP contribution in [0.1, 0.15) is 19.8 Å². The average molecular weight is 299 g/mol. The third-order valence-electron chi connectivity index (χ3n) is 4.38. The molecule has 2 aliphatic heterocycles. The van der Waals surface area contributed by atoms with E-state index in [2.05, 4.69) is 4.90 Å². The van der Waals surface area contributed by atoms with Crippen molar-refractivity contribution in [1.29, 1.82) is 0 Å². The molecule has 1 aliphatic carbocycles. The predicted molar refractivity (Wildman–Crippen MR) is 76.7 cm³/mol. The minimum absolute atomic E-state index is 0.0509. The van der Waals surface area contributed by atoms with Gasteiger partial charge in [0.1, 0.15) is 6.04 Å². The highest BCUT2D eigenvalue weighted by Gasteiger charge is 2.42. The normalized spacial score (nSPS) is 31.6. The Kier molecular flexibility index (Phi) is 3.81. The second-order valence-electron chi connectivity index (χ2n) is 5.73. The van der Waals surface area contributed by atoms with E-state index >= 15 is 0 Å². The van der Waals surface area contributed by atoms with Gasteiger partial charge in [0, 0.05) is 38.0 Å². The predicted octanol–water partition coefficient (Wildman–Crippen LogP) is 0.734. The maximum atomic E-state index is 12.6. The zero-order valence-electron chi connectivity index (χ0n) is 11.7. The molecular formula is C13H21N3O3S. The number of hydrogen-bond acceptors (Lipinski definition) is 4. The highest BCUT2D eigenvalue weighted by Crippen LogP contribution is 2.31. The second-order valence-corrected chi connectivity index (χ2v) is 7.08. The van der Waals surface area contributed by atoms with E-state index in [1.54, 1.807) is 4.90 Å². The highest BCUT2D eigenvalue weighted by molar-refractivity contribution is 8.00. The summed E-state index contributed by atoms with van der Waals surface area (Å²) in [4.78, 5) is 29.6. The van der Waals surface area contributed by atoms with Crippen molar-refractivity contribution in [3.05, 3.63) is 0 Å². The van der Waals surface area contributed by atoms with Gasteiger partial charge in [-0.2, -0.15) is 0 Å².